The van der Waals surface area contributed by atoms with Crippen molar-refractivity contribution in [3.8, 4) is 11.6 Å². The summed E-state index contributed by atoms with van der Waals surface area (Å²) in [5, 5.41) is 8.57. The van der Waals surface area contributed by atoms with Gasteiger partial charge in [0.05, 0.1) is 19.1 Å². The van der Waals surface area contributed by atoms with Crippen molar-refractivity contribution in [3.63, 3.8) is 0 Å². The van der Waals surface area contributed by atoms with Crippen molar-refractivity contribution in [2.45, 2.75) is 19.2 Å². The lowest BCUT2D eigenvalue weighted by molar-refractivity contribution is -0.276. The van der Waals surface area contributed by atoms with Gasteiger partial charge in [-0.25, -0.2) is 13.8 Å². The molecule has 0 aromatic carbocycles. The summed E-state index contributed by atoms with van der Waals surface area (Å²) < 4.78 is 70.0. The van der Waals surface area contributed by atoms with E-state index in [1.54, 1.807) is 0 Å². The van der Waals surface area contributed by atoms with Crippen LogP contribution in [0.25, 0.3) is 0 Å². The Morgan fingerprint density at radius 3 is 2.45 bits per heavy atom. The second kappa shape index (κ2) is 5.88. The Kier molecular flexibility index (Phi) is 4.69. The van der Waals surface area contributed by atoms with Gasteiger partial charge in [-0.2, -0.15) is 0 Å². The minimum Gasteiger partial charge on any atom is -0.491 e. The highest BCUT2D eigenvalue weighted by molar-refractivity contribution is 5.71. The molecule has 0 aliphatic carbocycles. The predicted molar refractivity (Wildman–Crippen MR) is 53.8 cm³/mol. The van der Waals surface area contributed by atoms with Crippen LogP contribution in [0.2, 0.25) is 0 Å². The Morgan fingerprint density at radius 2 is 2.05 bits per heavy atom. The van der Waals surface area contributed by atoms with Crippen LogP contribution < -0.4 is 9.47 Å². The van der Waals surface area contributed by atoms with Crippen LogP contribution in [0.4, 0.5) is 22.0 Å². The molecule has 0 aliphatic rings. The maximum absolute atomic E-state index is 12.9. The largest absolute Gasteiger partial charge is 0.574 e. The summed E-state index contributed by atoms with van der Waals surface area (Å²) in [7, 11) is 0.844. The number of hydrogen-bond acceptors (Lipinski definition) is 4. The number of hydrogen-bond donors (Lipinski definition) is 1. The molecular formula is C10H8F5NO4. The molecule has 0 saturated carbocycles. The number of carboxylic acids is 1. The average molecular weight is 301 g/mol. The highest BCUT2D eigenvalue weighted by Gasteiger charge is 2.35. The lowest BCUT2D eigenvalue weighted by Gasteiger charge is -2.16. The third kappa shape index (κ3) is 3.93. The minimum absolute atomic E-state index is 0.459. The Balaban J connectivity index is 3.37. The van der Waals surface area contributed by atoms with E-state index in [2.05, 4.69) is 14.5 Å². The topological polar surface area (TPSA) is 68.7 Å². The zero-order chi connectivity index (χ0) is 15.5. The fraction of sp³-hybridized carbons (Fsp3) is 0.400. The number of carbonyl (C=O) groups is 1. The van der Waals surface area contributed by atoms with Gasteiger partial charge in [0.2, 0.25) is 0 Å². The number of nitrogens with zero attached hydrogens (tertiary/aromatic N) is 1. The van der Waals surface area contributed by atoms with Crippen molar-refractivity contribution in [1.82, 2.24) is 4.98 Å². The summed E-state index contributed by atoms with van der Waals surface area (Å²) in [6, 6.07) is 0. The molecule has 0 atom stereocenters. The summed E-state index contributed by atoms with van der Waals surface area (Å²) in [5.41, 5.74) is -1.46. The van der Waals surface area contributed by atoms with Gasteiger partial charge in [0.25, 0.3) is 12.3 Å². The fourth-order valence-corrected chi connectivity index (χ4v) is 1.45. The molecule has 1 aromatic heterocycles. The van der Waals surface area contributed by atoms with Crippen molar-refractivity contribution in [2.75, 3.05) is 7.11 Å². The summed E-state index contributed by atoms with van der Waals surface area (Å²) in [5.74, 6) is -3.60. The van der Waals surface area contributed by atoms with Crippen molar-refractivity contribution < 1.29 is 41.3 Å². The van der Waals surface area contributed by atoms with Crippen molar-refractivity contribution in [2.24, 2.45) is 0 Å². The Hall–Kier alpha value is -2.13. The quantitative estimate of drug-likeness (QED) is 0.846. The first-order chi connectivity index (χ1) is 9.15. The Labute approximate surface area is 108 Å². The zero-order valence-electron chi connectivity index (χ0n) is 9.87. The highest BCUT2D eigenvalue weighted by Crippen LogP contribution is 2.39. The second-order valence-electron chi connectivity index (χ2n) is 3.45. The smallest absolute Gasteiger partial charge is 0.491 e. The number of pyridine rings is 1. The standard InChI is InChI=1S/C10H8F5NO4/c1-19-7-6(8(11)12)4(2-5(17)18)3-16-9(7)20-10(13,14)15/h3,8H,2H2,1H3,(H,17,18). The molecule has 1 N–H and O–H groups in total. The molecule has 112 valence electrons. The normalized spacial score (nSPS) is 11.6. The number of halogens is 5. The van der Waals surface area contributed by atoms with Gasteiger partial charge in [-0.05, 0) is 5.56 Å². The molecule has 10 heteroatoms. The van der Waals surface area contributed by atoms with Gasteiger partial charge in [0, 0.05) is 6.20 Å². The minimum atomic E-state index is -5.14. The van der Waals surface area contributed by atoms with Gasteiger partial charge in [-0.1, -0.05) is 0 Å². The SMILES string of the molecule is COc1c(OC(F)(F)F)ncc(CC(=O)O)c1C(F)F. The van der Waals surface area contributed by atoms with E-state index < -0.39 is 47.9 Å². The van der Waals surface area contributed by atoms with Gasteiger partial charge < -0.3 is 14.6 Å². The van der Waals surface area contributed by atoms with Crippen LogP contribution in [0.15, 0.2) is 6.20 Å². The first-order valence-corrected chi connectivity index (χ1v) is 4.97. The van der Waals surface area contributed by atoms with E-state index in [1.165, 1.54) is 0 Å². The second-order valence-corrected chi connectivity index (χ2v) is 3.45. The Bertz CT molecular complexity index is 503. The zero-order valence-corrected chi connectivity index (χ0v) is 9.87. The number of aliphatic carboxylic acids is 1. The molecule has 1 aromatic rings. The third-order valence-electron chi connectivity index (χ3n) is 2.10. The van der Waals surface area contributed by atoms with E-state index in [0.717, 1.165) is 7.11 Å². The molecule has 0 fully saturated rings. The van der Waals surface area contributed by atoms with Crippen LogP contribution in [0.1, 0.15) is 17.6 Å². The highest BCUT2D eigenvalue weighted by atomic mass is 19.4. The molecule has 0 spiro atoms. The number of alkyl halides is 5. The first-order valence-electron chi connectivity index (χ1n) is 4.97. The van der Waals surface area contributed by atoms with E-state index in [4.69, 9.17) is 5.11 Å². The van der Waals surface area contributed by atoms with E-state index in [-0.39, 0.29) is 0 Å². The molecular weight excluding hydrogens is 293 g/mol. The lowest BCUT2D eigenvalue weighted by Crippen LogP contribution is -2.19. The van der Waals surface area contributed by atoms with Gasteiger partial charge in [0.15, 0.2) is 5.75 Å². The van der Waals surface area contributed by atoms with E-state index >= 15 is 0 Å². The molecule has 0 amide bonds. The van der Waals surface area contributed by atoms with Gasteiger partial charge in [0.1, 0.15) is 0 Å². The van der Waals surface area contributed by atoms with Crippen LogP contribution >= 0.6 is 0 Å². The Morgan fingerprint density at radius 1 is 1.45 bits per heavy atom. The van der Waals surface area contributed by atoms with E-state index in [9.17, 15) is 26.7 Å². The summed E-state index contributed by atoms with van der Waals surface area (Å²) in [6.45, 7) is 0. The molecule has 0 radical (unpaired) electrons. The molecule has 0 saturated heterocycles. The van der Waals surface area contributed by atoms with Crippen LogP contribution in [0.5, 0.6) is 11.6 Å². The molecule has 1 heterocycles. The summed E-state index contributed by atoms with van der Waals surface area (Å²) in [4.78, 5) is 13.7. The van der Waals surface area contributed by atoms with Crippen molar-refractivity contribution in [1.29, 1.82) is 0 Å². The fourth-order valence-electron chi connectivity index (χ4n) is 1.45. The van der Waals surface area contributed by atoms with Crippen LogP contribution in [-0.4, -0.2) is 29.5 Å². The molecule has 0 aliphatic heterocycles. The van der Waals surface area contributed by atoms with Gasteiger partial charge in [-0.3, -0.25) is 4.79 Å². The van der Waals surface area contributed by atoms with Gasteiger partial charge in [-0.15, -0.1) is 13.2 Å². The number of carboxylic acid groups (broad SMARTS) is 1. The van der Waals surface area contributed by atoms with Crippen molar-refractivity contribution in [3.05, 3.63) is 17.3 Å². The maximum Gasteiger partial charge on any atom is 0.574 e. The monoisotopic (exact) mass is 301 g/mol. The van der Waals surface area contributed by atoms with Crippen molar-refractivity contribution >= 4 is 5.97 Å². The summed E-state index contributed by atoms with van der Waals surface area (Å²) in [6.07, 6.45) is -8.65. The number of ether oxygens (including phenoxy) is 2. The lowest BCUT2D eigenvalue weighted by atomic mass is 10.1. The molecule has 0 unspecified atom stereocenters. The third-order valence-corrected chi connectivity index (χ3v) is 2.10. The average Bonchev–Trinajstić information content (AvgIpc) is 2.27. The van der Waals surface area contributed by atoms with E-state index in [0.29, 0.717) is 6.20 Å². The molecule has 20 heavy (non-hydrogen) atoms. The number of aromatic nitrogens is 1. The molecule has 1 rings (SSSR count). The molecule has 0 bridgehead atoms. The summed E-state index contributed by atoms with van der Waals surface area (Å²) >= 11 is 0. The van der Waals surface area contributed by atoms with Crippen LogP contribution in [0.3, 0.4) is 0 Å². The predicted octanol–water partition coefficient (Wildman–Crippen LogP) is 2.55. The number of rotatable bonds is 5. The number of methoxy groups -OCH3 is 1. The maximum atomic E-state index is 12.9. The van der Waals surface area contributed by atoms with Crippen LogP contribution in [-0.2, 0) is 11.2 Å². The van der Waals surface area contributed by atoms with Gasteiger partial charge >= 0.3 is 12.3 Å². The van der Waals surface area contributed by atoms with Crippen LogP contribution in [0, 0.1) is 0 Å². The van der Waals surface area contributed by atoms with E-state index in [1.807, 2.05) is 0 Å². The first kappa shape index (κ1) is 15.9. The molecule has 5 nitrogen and oxygen atoms in total.